The number of aryl methyl sites for hydroxylation is 1. The van der Waals surface area contributed by atoms with Gasteiger partial charge in [0.05, 0.1) is 55.0 Å². The van der Waals surface area contributed by atoms with Gasteiger partial charge in [-0.25, -0.2) is 4.79 Å². The molecule has 9 nitrogen and oxygen atoms in total. The predicted octanol–water partition coefficient (Wildman–Crippen LogP) is 2.93. The van der Waals surface area contributed by atoms with Gasteiger partial charge in [0.15, 0.2) is 5.75 Å². The van der Waals surface area contributed by atoms with Crippen molar-refractivity contribution in [3.63, 3.8) is 0 Å². The van der Waals surface area contributed by atoms with Crippen LogP contribution in [0.2, 0.25) is 0 Å². The van der Waals surface area contributed by atoms with E-state index in [0.29, 0.717) is 28.2 Å². The van der Waals surface area contributed by atoms with E-state index in [-0.39, 0.29) is 7.12 Å². The number of hydrogen-bond donors (Lipinski definition) is 1. The van der Waals surface area contributed by atoms with Crippen molar-refractivity contribution in [2.75, 3.05) is 14.2 Å². The van der Waals surface area contributed by atoms with Gasteiger partial charge < -0.3 is 9.47 Å². The monoisotopic (exact) mass is 404 g/mol. The lowest BCUT2D eigenvalue weighted by atomic mass is 10.0. The molecular weight excluding hydrogens is 384 g/mol. The average molecular weight is 404 g/mol. The van der Waals surface area contributed by atoms with Crippen molar-refractivity contribution in [1.29, 1.82) is 0 Å². The lowest BCUT2D eigenvalue weighted by Gasteiger charge is -2.12. The van der Waals surface area contributed by atoms with Crippen molar-refractivity contribution in [3.8, 4) is 28.3 Å². The van der Waals surface area contributed by atoms with Crippen molar-refractivity contribution >= 4 is 21.9 Å². The zero-order chi connectivity index (χ0) is 20.8. The third kappa shape index (κ3) is 2.48. The summed E-state index contributed by atoms with van der Waals surface area (Å²) >= 11 is 0. The number of rotatable bonds is 4. The fourth-order valence-electron chi connectivity index (χ4n) is 3.76. The number of hydrogen-bond acceptors (Lipinski definition) is 6. The van der Waals surface area contributed by atoms with Crippen molar-refractivity contribution in [2.45, 2.75) is 0 Å². The molecule has 0 saturated carbocycles. The minimum Gasteiger partial charge on any atom is -0.496 e. The smallest absolute Gasteiger partial charge is 0.333 e. The summed E-state index contributed by atoms with van der Waals surface area (Å²) in [4.78, 5) is 21.9. The van der Waals surface area contributed by atoms with Crippen LogP contribution < -0.4 is 15.2 Å². The zero-order valence-corrected chi connectivity index (χ0v) is 16.6. The molecule has 0 spiro atoms. The van der Waals surface area contributed by atoms with E-state index < -0.39 is 0 Å². The number of fused-ring (bicyclic) bond motifs is 3. The van der Waals surface area contributed by atoms with Crippen LogP contribution in [0.4, 0.5) is 0 Å². The van der Waals surface area contributed by atoms with Gasteiger partial charge in [0.25, 0.3) is 0 Å². The first-order valence-corrected chi connectivity index (χ1v) is 9.19. The highest BCUT2D eigenvalue weighted by atomic mass is 16.5. The molecule has 30 heavy (non-hydrogen) atoms. The van der Waals surface area contributed by atoms with Gasteiger partial charge in [-0.15, -0.1) is 0 Å². The van der Waals surface area contributed by atoms with E-state index in [0.717, 1.165) is 22.0 Å². The van der Waals surface area contributed by atoms with E-state index in [9.17, 15) is 4.79 Å². The van der Waals surface area contributed by atoms with Crippen LogP contribution in [0, 0.1) is 0 Å². The number of nitrogens with one attached hydrogen (secondary N) is 1. The summed E-state index contributed by atoms with van der Waals surface area (Å²) in [7, 11) is 4.89. The van der Waals surface area contributed by atoms with Crippen molar-refractivity contribution < 1.29 is 10.9 Å². The molecule has 0 bridgehead atoms. The number of H-pyrrole nitrogens is 1. The van der Waals surface area contributed by atoms with Gasteiger partial charge in [0, 0.05) is 43.4 Å². The minimum absolute atomic E-state index is 0. The first-order valence-electron chi connectivity index (χ1n) is 9.19. The molecule has 0 unspecified atom stereocenters. The first kappa shape index (κ1) is 17.9. The Morgan fingerprint density at radius 3 is 2.67 bits per heavy atom. The molecule has 1 N–H and O–H groups in total. The predicted molar refractivity (Wildman–Crippen MR) is 114 cm³/mol. The Hall–Kier alpha value is -4.14. The van der Waals surface area contributed by atoms with Crippen LogP contribution in [0.3, 0.4) is 0 Å². The van der Waals surface area contributed by atoms with E-state index >= 15 is 0 Å². The molecule has 1 aromatic carbocycles. The second-order valence-electron chi connectivity index (χ2n) is 6.77. The molecular formula is C21H20N6O3. The molecule has 0 fully saturated rings. The highest BCUT2D eigenvalue weighted by molar-refractivity contribution is 6.05. The van der Waals surface area contributed by atoms with Gasteiger partial charge in [-0.3, -0.25) is 24.2 Å². The summed E-state index contributed by atoms with van der Waals surface area (Å²) in [5.41, 5.74) is 4.26. The van der Waals surface area contributed by atoms with Crippen molar-refractivity contribution in [3.05, 3.63) is 59.7 Å². The van der Waals surface area contributed by atoms with E-state index in [4.69, 9.17) is 9.47 Å². The average Bonchev–Trinajstić information content (AvgIpc) is 3.40. The Kier molecular flexibility index (Phi) is 4.02. The molecule has 152 valence electrons. The number of pyridine rings is 2. The standard InChI is InChI=1S/C21H18N6O3.H2/c1-26-17-10-23-15-7-18(29-2)13(12-8-24-25-9-12)6-14(15)20(17)27(21(26)28)16-4-5-22-11-19(16)30-3;/h4-11H,1-3H3,(H,24,25);1H. The fraction of sp³-hybridized carbons (Fsp3) is 0.143. The molecule has 0 aliphatic carbocycles. The number of benzene rings is 1. The fourth-order valence-corrected chi connectivity index (χ4v) is 3.76. The maximum atomic E-state index is 13.2. The molecule has 0 amide bonds. The number of methoxy groups -OCH3 is 2. The molecule has 0 saturated heterocycles. The maximum absolute atomic E-state index is 13.2. The zero-order valence-electron chi connectivity index (χ0n) is 16.6. The van der Waals surface area contributed by atoms with Crippen molar-refractivity contribution in [2.24, 2.45) is 7.05 Å². The number of ether oxygens (including phenoxy) is 2. The summed E-state index contributed by atoms with van der Waals surface area (Å²) in [6.45, 7) is 0. The van der Waals surface area contributed by atoms with Crippen LogP contribution in [0.5, 0.6) is 11.5 Å². The summed E-state index contributed by atoms with van der Waals surface area (Å²) in [6, 6.07) is 5.59. The molecule has 0 aliphatic heterocycles. The van der Waals surface area contributed by atoms with Gasteiger partial charge in [-0.2, -0.15) is 5.10 Å². The topological polar surface area (TPSA) is 99.9 Å². The van der Waals surface area contributed by atoms with Gasteiger partial charge in [-0.1, -0.05) is 0 Å². The minimum atomic E-state index is -0.204. The number of aromatic amines is 1. The van der Waals surface area contributed by atoms with Crippen LogP contribution in [-0.2, 0) is 7.05 Å². The van der Waals surface area contributed by atoms with E-state index in [1.165, 1.54) is 0 Å². The lowest BCUT2D eigenvalue weighted by molar-refractivity contribution is 0.411. The van der Waals surface area contributed by atoms with E-state index in [1.807, 2.05) is 12.1 Å². The molecule has 0 radical (unpaired) electrons. The molecule has 4 heterocycles. The van der Waals surface area contributed by atoms with Gasteiger partial charge in [0.2, 0.25) is 0 Å². The van der Waals surface area contributed by atoms with Gasteiger partial charge in [-0.05, 0) is 12.1 Å². The van der Waals surface area contributed by atoms with E-state index in [2.05, 4.69) is 20.2 Å². The SMILES string of the molecule is COc1cc2ncc3c(c2cc1-c1cn[nH]c1)n(-c1ccncc1OC)c(=O)n3C.[HH]. The third-order valence-electron chi connectivity index (χ3n) is 5.24. The highest BCUT2D eigenvalue weighted by Crippen LogP contribution is 2.36. The van der Waals surface area contributed by atoms with Crippen LogP contribution in [0.25, 0.3) is 38.8 Å². The number of imidazole rings is 1. The van der Waals surface area contributed by atoms with Gasteiger partial charge >= 0.3 is 5.69 Å². The first-order chi connectivity index (χ1) is 14.6. The van der Waals surface area contributed by atoms with Crippen LogP contribution in [0.15, 0.2) is 54.0 Å². The molecule has 5 aromatic rings. The van der Waals surface area contributed by atoms with Crippen molar-refractivity contribution in [1.82, 2.24) is 29.3 Å². The van der Waals surface area contributed by atoms with Crippen LogP contribution in [0.1, 0.15) is 1.43 Å². The maximum Gasteiger partial charge on any atom is 0.333 e. The Morgan fingerprint density at radius 2 is 1.93 bits per heavy atom. The summed E-state index contributed by atoms with van der Waals surface area (Å²) in [5, 5.41) is 7.68. The lowest BCUT2D eigenvalue weighted by Crippen LogP contribution is -2.21. The van der Waals surface area contributed by atoms with Crippen LogP contribution in [-0.4, -0.2) is 43.5 Å². The molecule has 0 atom stereocenters. The van der Waals surface area contributed by atoms with Gasteiger partial charge in [0.1, 0.15) is 5.75 Å². The Morgan fingerprint density at radius 1 is 1.10 bits per heavy atom. The number of nitrogens with zero attached hydrogens (tertiary/aromatic N) is 5. The quantitative estimate of drug-likeness (QED) is 0.494. The molecule has 4 aromatic heterocycles. The Bertz CT molecular complexity index is 1460. The molecule has 9 heteroatoms. The highest BCUT2D eigenvalue weighted by Gasteiger charge is 2.20. The molecule has 0 aliphatic rings. The number of aromatic nitrogens is 6. The van der Waals surface area contributed by atoms with E-state index in [1.54, 1.807) is 67.5 Å². The Balaban J connectivity index is 0.00000231. The summed E-state index contributed by atoms with van der Waals surface area (Å²) in [5.74, 6) is 1.17. The second kappa shape index (κ2) is 6.73. The molecule has 5 rings (SSSR count). The summed E-state index contributed by atoms with van der Waals surface area (Å²) in [6.07, 6.45) is 8.43. The summed E-state index contributed by atoms with van der Waals surface area (Å²) < 4.78 is 14.3. The largest absolute Gasteiger partial charge is 0.496 e. The van der Waals surface area contributed by atoms with Crippen LogP contribution >= 0.6 is 0 Å². The normalized spacial score (nSPS) is 11.3. The third-order valence-corrected chi connectivity index (χ3v) is 5.24. The second-order valence-corrected chi connectivity index (χ2v) is 6.77. The Labute approximate surface area is 172 Å².